The molecule has 0 radical (unpaired) electrons. The summed E-state index contributed by atoms with van der Waals surface area (Å²) >= 11 is 0. The van der Waals surface area contributed by atoms with Crippen LogP contribution in [0.2, 0.25) is 0 Å². The van der Waals surface area contributed by atoms with Gasteiger partial charge < -0.3 is 19.4 Å². The number of hydrogen-bond donors (Lipinski definition) is 2. The smallest absolute Gasteiger partial charge is 0.165 e. The third-order valence-corrected chi connectivity index (χ3v) is 7.09. The second-order valence-electron chi connectivity index (χ2n) is 8.12. The number of hydrogen-bond acceptors (Lipinski definition) is 3. The Morgan fingerprint density at radius 2 is 2.25 bits per heavy atom. The average molecular weight is 326 g/mol. The summed E-state index contributed by atoms with van der Waals surface area (Å²) in [6.45, 7) is 5.97. The van der Waals surface area contributed by atoms with Gasteiger partial charge in [0.15, 0.2) is 11.5 Å². The molecule has 2 aliphatic heterocycles. The number of aromatic hydroxyl groups is 1. The van der Waals surface area contributed by atoms with Gasteiger partial charge in [-0.25, -0.2) is 0 Å². The van der Waals surface area contributed by atoms with Crippen LogP contribution in [0.1, 0.15) is 17.5 Å². The predicted octanol–water partition coefficient (Wildman–Crippen LogP) is 1.90. The molecule has 3 unspecified atom stereocenters. The molecule has 1 aromatic rings. The van der Waals surface area contributed by atoms with Crippen LogP contribution >= 0.6 is 0 Å². The molecule has 0 amide bonds. The first kappa shape index (κ1) is 14.6. The second-order valence-corrected chi connectivity index (χ2v) is 8.12. The van der Waals surface area contributed by atoms with Gasteiger partial charge >= 0.3 is 0 Å². The molecule has 1 aromatic carbocycles. The molecule has 126 valence electrons. The van der Waals surface area contributed by atoms with Gasteiger partial charge in [0.2, 0.25) is 0 Å². The number of ether oxygens (including phenoxy) is 1. The number of phenolic OH excluding ortho intramolecular Hbond substituents is 1. The topological polar surface area (TPSA) is 49.7 Å². The van der Waals surface area contributed by atoms with Crippen molar-refractivity contribution in [1.29, 1.82) is 0 Å². The van der Waals surface area contributed by atoms with Gasteiger partial charge in [-0.3, -0.25) is 0 Å². The minimum atomic E-state index is -0.615. The van der Waals surface area contributed by atoms with E-state index in [4.69, 9.17) is 4.74 Å². The van der Waals surface area contributed by atoms with E-state index < -0.39 is 6.10 Å². The van der Waals surface area contributed by atoms with Gasteiger partial charge in [-0.1, -0.05) is 24.8 Å². The summed E-state index contributed by atoms with van der Waals surface area (Å²) < 4.78 is 7.16. The summed E-state index contributed by atoms with van der Waals surface area (Å²) in [6, 6.07) is 4.25. The number of rotatable bonds is 2. The first-order valence-corrected chi connectivity index (χ1v) is 8.85. The van der Waals surface area contributed by atoms with E-state index >= 15 is 0 Å². The van der Waals surface area contributed by atoms with Crippen LogP contribution in [0.15, 0.2) is 36.9 Å². The standard InChI is InChI=1S/C20H23NO3/c1-3-9-21(2)10-8-20-13-5-7-16(23)19(20)24-18-15(22)6-4-12(17(18)20)11-14(13)21/h3-7,13-14,16,19,23H,1,8-11H2,2H3/p+1/t13?,14?,16-,19?,20-,21+/m1/s1. The molecule has 2 bridgehead atoms. The Bertz CT molecular complexity index is 772. The van der Waals surface area contributed by atoms with Crippen LogP contribution < -0.4 is 4.74 Å². The highest BCUT2D eigenvalue weighted by atomic mass is 16.5. The lowest BCUT2D eigenvalue weighted by atomic mass is 9.52. The average Bonchev–Trinajstić information content (AvgIpc) is 2.91. The van der Waals surface area contributed by atoms with Crippen LogP contribution in [-0.2, 0) is 11.8 Å². The van der Waals surface area contributed by atoms with Crippen molar-refractivity contribution in [1.82, 2.24) is 0 Å². The lowest BCUT2D eigenvalue weighted by Crippen LogP contribution is -2.71. The monoisotopic (exact) mass is 326 g/mol. The molecule has 6 atom stereocenters. The van der Waals surface area contributed by atoms with Crippen molar-refractivity contribution in [3.05, 3.63) is 48.1 Å². The molecule has 2 heterocycles. The first-order valence-electron chi connectivity index (χ1n) is 8.85. The molecule has 4 aliphatic rings. The third kappa shape index (κ3) is 1.47. The van der Waals surface area contributed by atoms with E-state index in [9.17, 15) is 10.2 Å². The Morgan fingerprint density at radius 1 is 1.42 bits per heavy atom. The van der Waals surface area contributed by atoms with Crippen LogP contribution in [0, 0.1) is 5.92 Å². The molecule has 4 nitrogen and oxygen atoms in total. The lowest BCUT2D eigenvalue weighted by Gasteiger charge is -2.59. The van der Waals surface area contributed by atoms with E-state index in [0.717, 1.165) is 30.4 Å². The largest absolute Gasteiger partial charge is 0.504 e. The summed E-state index contributed by atoms with van der Waals surface area (Å²) in [5.74, 6) is 1.15. The minimum Gasteiger partial charge on any atom is -0.504 e. The number of nitrogens with zero attached hydrogens (tertiary/aromatic N) is 1. The second kappa shape index (κ2) is 4.44. The number of quaternary nitrogens is 1. The Hall–Kier alpha value is -1.78. The summed E-state index contributed by atoms with van der Waals surface area (Å²) in [4.78, 5) is 0. The third-order valence-electron chi connectivity index (χ3n) is 7.09. The molecule has 1 spiro atoms. The fourth-order valence-electron chi connectivity index (χ4n) is 6.02. The van der Waals surface area contributed by atoms with Crippen molar-refractivity contribution in [2.24, 2.45) is 5.92 Å². The zero-order chi connectivity index (χ0) is 16.7. The highest BCUT2D eigenvalue weighted by molar-refractivity contribution is 5.61. The van der Waals surface area contributed by atoms with Gasteiger partial charge in [0.25, 0.3) is 0 Å². The molecular formula is C20H24NO3+. The van der Waals surface area contributed by atoms with Crippen LogP contribution in [0.3, 0.4) is 0 Å². The van der Waals surface area contributed by atoms with E-state index in [1.54, 1.807) is 6.07 Å². The lowest BCUT2D eigenvalue weighted by molar-refractivity contribution is -0.938. The maximum atomic E-state index is 10.6. The van der Waals surface area contributed by atoms with E-state index in [2.05, 4.69) is 25.8 Å². The van der Waals surface area contributed by atoms with Crippen LogP contribution in [0.5, 0.6) is 11.5 Å². The van der Waals surface area contributed by atoms with Gasteiger partial charge in [-0.2, -0.15) is 0 Å². The summed E-state index contributed by atoms with van der Waals surface area (Å²) in [6.07, 6.45) is 7.20. The van der Waals surface area contributed by atoms with Crippen LogP contribution in [0.25, 0.3) is 0 Å². The molecule has 2 N–H and O–H groups in total. The van der Waals surface area contributed by atoms with Crippen molar-refractivity contribution in [3.8, 4) is 11.5 Å². The van der Waals surface area contributed by atoms with Gasteiger partial charge in [0.1, 0.15) is 18.2 Å². The summed E-state index contributed by atoms with van der Waals surface area (Å²) in [5, 5.41) is 20.9. The first-order chi connectivity index (χ1) is 11.5. The van der Waals surface area contributed by atoms with Crippen LogP contribution in [0.4, 0.5) is 0 Å². The number of likely N-dealkylation sites (tertiary alicyclic amines) is 1. The highest BCUT2D eigenvalue weighted by Crippen LogP contribution is 2.63. The zero-order valence-corrected chi connectivity index (χ0v) is 14.0. The van der Waals surface area contributed by atoms with Crippen molar-refractivity contribution < 1.29 is 19.4 Å². The number of benzene rings is 1. The van der Waals surface area contributed by atoms with Crippen molar-refractivity contribution in [2.45, 2.75) is 36.5 Å². The van der Waals surface area contributed by atoms with E-state index in [0.29, 0.717) is 17.7 Å². The Labute approximate surface area is 142 Å². The van der Waals surface area contributed by atoms with E-state index in [-0.39, 0.29) is 17.3 Å². The van der Waals surface area contributed by atoms with Crippen molar-refractivity contribution in [2.75, 3.05) is 20.1 Å². The Morgan fingerprint density at radius 3 is 3.04 bits per heavy atom. The number of likely N-dealkylation sites (N-methyl/N-ethyl adjacent to an activating group) is 1. The molecule has 0 aromatic heterocycles. The van der Waals surface area contributed by atoms with Crippen molar-refractivity contribution in [3.63, 3.8) is 0 Å². The number of aliphatic hydroxyl groups is 1. The minimum absolute atomic E-state index is 0.195. The molecular weight excluding hydrogens is 302 g/mol. The summed E-state index contributed by atoms with van der Waals surface area (Å²) in [7, 11) is 2.33. The molecule has 2 aliphatic carbocycles. The maximum Gasteiger partial charge on any atom is 0.165 e. The Balaban J connectivity index is 1.78. The summed E-state index contributed by atoms with van der Waals surface area (Å²) in [5.41, 5.74) is 2.25. The van der Waals surface area contributed by atoms with Crippen LogP contribution in [-0.4, -0.2) is 53.1 Å². The van der Waals surface area contributed by atoms with Gasteiger partial charge in [-0.15, -0.1) is 0 Å². The normalized spacial score (nSPS) is 43.9. The van der Waals surface area contributed by atoms with Gasteiger partial charge in [0, 0.05) is 24.3 Å². The zero-order valence-electron chi connectivity index (χ0n) is 14.0. The molecule has 1 fully saturated rings. The fourth-order valence-corrected chi connectivity index (χ4v) is 6.02. The predicted molar refractivity (Wildman–Crippen MR) is 91.1 cm³/mol. The Kier molecular flexibility index (Phi) is 2.69. The molecule has 24 heavy (non-hydrogen) atoms. The number of phenols is 1. The maximum absolute atomic E-state index is 10.6. The van der Waals surface area contributed by atoms with E-state index in [1.807, 2.05) is 12.2 Å². The molecule has 4 heteroatoms. The quantitative estimate of drug-likeness (QED) is 0.645. The molecule has 0 saturated carbocycles. The number of piperidine rings is 1. The van der Waals surface area contributed by atoms with E-state index in [1.165, 1.54) is 11.1 Å². The fraction of sp³-hybridized carbons (Fsp3) is 0.500. The molecule has 1 saturated heterocycles. The molecule has 5 rings (SSSR count). The van der Waals surface area contributed by atoms with Gasteiger partial charge in [-0.05, 0) is 17.7 Å². The van der Waals surface area contributed by atoms with Gasteiger partial charge in [0.05, 0.1) is 25.6 Å². The number of aliphatic hydroxyl groups excluding tert-OH is 1. The SMILES string of the molecule is C=CC[N@@+]1(C)CC[C@@]23c4c5ccc(O)c4OC2[C@H](O)C=CC3C1C5. The van der Waals surface area contributed by atoms with Crippen molar-refractivity contribution >= 4 is 0 Å². The highest BCUT2D eigenvalue weighted by Gasteiger charge is 2.67.